The molecule has 0 aliphatic carbocycles. The highest BCUT2D eigenvalue weighted by molar-refractivity contribution is 6.26. The van der Waals surface area contributed by atoms with Gasteiger partial charge in [-0.2, -0.15) is 0 Å². The fourth-order valence-electron chi connectivity index (χ4n) is 0. The van der Waals surface area contributed by atoms with Crippen LogP contribution in [0.15, 0.2) is 0 Å². The summed E-state index contributed by atoms with van der Waals surface area (Å²) in [5, 5.41) is 7.59. The Morgan fingerprint density at radius 2 is 2.20 bits per heavy atom. The zero-order chi connectivity index (χ0) is 4.28. The molecule has 1 N–H and O–H groups in total. The summed E-state index contributed by atoms with van der Waals surface area (Å²) in [5.41, 5.74) is 0. The second kappa shape index (κ2) is 2.03. The SMILES string of the molecule is O=C(O)[14CH2]Cl. The third-order valence-electron chi connectivity index (χ3n) is 0.114. The molecule has 0 rings (SSSR count). The van der Waals surface area contributed by atoms with Crippen LogP contribution in [0.3, 0.4) is 0 Å². The smallest absolute Gasteiger partial charge is 0.318 e. The van der Waals surface area contributed by atoms with Crippen LogP contribution < -0.4 is 0 Å². The van der Waals surface area contributed by atoms with Crippen molar-refractivity contribution in [1.29, 1.82) is 0 Å². The molecule has 0 amide bonds. The number of halogens is 1. The van der Waals surface area contributed by atoms with Gasteiger partial charge in [-0.3, -0.25) is 4.79 Å². The highest BCUT2D eigenvalue weighted by Crippen LogP contribution is 1.67. The minimum absolute atomic E-state index is 0.306. The maximum Gasteiger partial charge on any atom is 0.318 e. The minimum Gasteiger partial charge on any atom is -0.480 e. The lowest BCUT2D eigenvalue weighted by atomic mass is 11.3. The first-order chi connectivity index (χ1) is 2.27. The van der Waals surface area contributed by atoms with Crippen molar-refractivity contribution in [3.05, 3.63) is 0 Å². The third-order valence-corrected chi connectivity index (χ3v) is 0.343. The van der Waals surface area contributed by atoms with Crippen molar-refractivity contribution < 1.29 is 9.90 Å². The van der Waals surface area contributed by atoms with Crippen LogP contribution in [0.4, 0.5) is 0 Å². The molecule has 0 atom stereocenters. The standard InChI is InChI=1S/C2H3ClO2/c3-1-2(4)5/h1H2,(H,4,5)/i1+2. The fraction of sp³-hybridized carbons (Fsp3) is 0.500. The lowest BCUT2D eigenvalue weighted by molar-refractivity contribution is -0.134. The van der Waals surface area contributed by atoms with E-state index in [1.54, 1.807) is 0 Å². The van der Waals surface area contributed by atoms with Gasteiger partial charge >= 0.3 is 5.97 Å². The first-order valence-corrected chi connectivity index (χ1v) is 1.58. The van der Waals surface area contributed by atoms with Crippen LogP contribution in [-0.2, 0) is 4.79 Å². The van der Waals surface area contributed by atoms with Gasteiger partial charge in [0.2, 0.25) is 0 Å². The first kappa shape index (κ1) is 4.76. The number of carbonyl (C=O) groups is 1. The van der Waals surface area contributed by atoms with Crippen LogP contribution in [0.2, 0.25) is 0 Å². The number of hydrogen-bond donors (Lipinski definition) is 1. The van der Waals surface area contributed by atoms with Crippen LogP contribution in [0, 0.1) is 0 Å². The molecule has 0 saturated carbocycles. The van der Waals surface area contributed by atoms with Crippen LogP contribution in [0.5, 0.6) is 0 Å². The van der Waals surface area contributed by atoms with Gasteiger partial charge in [0.05, 0.1) is 0 Å². The highest BCUT2D eigenvalue weighted by Gasteiger charge is 1.83. The van der Waals surface area contributed by atoms with E-state index in [4.69, 9.17) is 16.7 Å². The molecule has 30 valence electrons. The summed E-state index contributed by atoms with van der Waals surface area (Å²) in [5.74, 6) is -1.29. The number of carboxylic acids is 1. The molecule has 2 nitrogen and oxygen atoms in total. The van der Waals surface area contributed by atoms with E-state index in [-0.39, 0.29) is 5.88 Å². The van der Waals surface area contributed by atoms with Crippen molar-refractivity contribution >= 4 is 17.6 Å². The van der Waals surface area contributed by atoms with Crippen molar-refractivity contribution in [2.45, 2.75) is 0 Å². The average molecular weight is 96.5 g/mol. The van der Waals surface area contributed by atoms with E-state index < -0.39 is 5.97 Å². The fourth-order valence-corrected chi connectivity index (χ4v) is 0. The van der Waals surface area contributed by atoms with Crippen molar-refractivity contribution in [3.63, 3.8) is 0 Å². The Balaban J connectivity index is 2.85. The second-order valence-electron chi connectivity index (χ2n) is 0.527. The summed E-state index contributed by atoms with van der Waals surface area (Å²) in [6, 6.07) is 0. The van der Waals surface area contributed by atoms with E-state index in [1.807, 2.05) is 0 Å². The second-order valence-corrected chi connectivity index (χ2v) is 0.795. The third kappa shape index (κ3) is 3.76. The number of alkyl halides is 1. The van der Waals surface area contributed by atoms with E-state index >= 15 is 0 Å². The molecular formula is C2H3ClO2. The average Bonchev–Trinajstić information content (AvgIpc) is 1.38. The monoisotopic (exact) mass is 96.0 g/mol. The topological polar surface area (TPSA) is 37.3 Å². The summed E-state index contributed by atoms with van der Waals surface area (Å²) in [6.07, 6.45) is 0. The lowest BCUT2D eigenvalue weighted by Crippen LogP contribution is -1.92. The van der Waals surface area contributed by atoms with Crippen LogP contribution in [0.25, 0.3) is 0 Å². The van der Waals surface area contributed by atoms with Crippen LogP contribution in [-0.4, -0.2) is 17.0 Å². The molecular weight excluding hydrogens is 93.5 g/mol. The van der Waals surface area contributed by atoms with Gasteiger partial charge in [0.15, 0.2) is 0 Å². The van der Waals surface area contributed by atoms with E-state index in [1.165, 1.54) is 0 Å². The zero-order valence-corrected chi connectivity index (χ0v) is 3.20. The van der Waals surface area contributed by atoms with Crippen molar-refractivity contribution in [2.75, 3.05) is 5.88 Å². The Hall–Kier alpha value is -0.240. The van der Waals surface area contributed by atoms with Crippen molar-refractivity contribution in [1.82, 2.24) is 0 Å². The van der Waals surface area contributed by atoms with Gasteiger partial charge in [0, 0.05) is 0 Å². The van der Waals surface area contributed by atoms with Crippen LogP contribution in [0.1, 0.15) is 0 Å². The van der Waals surface area contributed by atoms with Crippen molar-refractivity contribution in [3.8, 4) is 0 Å². The van der Waals surface area contributed by atoms with Gasteiger partial charge in [-0.25, -0.2) is 0 Å². The van der Waals surface area contributed by atoms with Gasteiger partial charge < -0.3 is 5.11 Å². The molecule has 0 fully saturated rings. The van der Waals surface area contributed by atoms with Crippen LogP contribution >= 0.6 is 11.6 Å². The molecule has 0 saturated heterocycles. The molecule has 0 bridgehead atoms. The predicted molar refractivity (Wildman–Crippen MR) is 18.4 cm³/mol. The van der Waals surface area contributed by atoms with Gasteiger partial charge in [0.1, 0.15) is 5.88 Å². The lowest BCUT2D eigenvalue weighted by Gasteiger charge is -1.69. The summed E-state index contributed by atoms with van der Waals surface area (Å²) in [4.78, 5) is 9.24. The normalized spacial score (nSPS) is 7.40. The molecule has 0 aromatic carbocycles. The molecule has 0 spiro atoms. The number of aliphatic carboxylic acids is 1. The number of carboxylic acid groups (broad SMARTS) is 1. The van der Waals surface area contributed by atoms with Gasteiger partial charge in [-0.15, -0.1) is 11.6 Å². The zero-order valence-electron chi connectivity index (χ0n) is 2.44. The molecule has 0 aromatic rings. The Kier molecular flexibility index (Phi) is 1.93. The summed E-state index contributed by atoms with van der Waals surface area (Å²) < 4.78 is 0. The molecule has 3 heteroatoms. The molecule has 0 aromatic heterocycles. The molecule has 0 aliphatic heterocycles. The summed E-state index contributed by atoms with van der Waals surface area (Å²) in [7, 11) is 0. The Morgan fingerprint density at radius 3 is 2.20 bits per heavy atom. The van der Waals surface area contributed by atoms with Crippen molar-refractivity contribution in [2.24, 2.45) is 0 Å². The highest BCUT2D eigenvalue weighted by atomic mass is 35.5. The predicted octanol–water partition coefficient (Wildman–Crippen LogP) is 0.310. The van der Waals surface area contributed by atoms with Gasteiger partial charge in [0.25, 0.3) is 0 Å². The Labute approximate surface area is 34.4 Å². The summed E-state index contributed by atoms with van der Waals surface area (Å²) in [6.45, 7) is 0. The summed E-state index contributed by atoms with van der Waals surface area (Å²) >= 11 is 4.74. The number of hydrogen-bond acceptors (Lipinski definition) is 1. The Bertz CT molecular complexity index is 42.9. The molecule has 0 heterocycles. The first-order valence-electron chi connectivity index (χ1n) is 1.05. The van der Waals surface area contributed by atoms with Gasteiger partial charge in [-0.05, 0) is 0 Å². The molecule has 0 unspecified atom stereocenters. The molecule has 5 heavy (non-hydrogen) atoms. The minimum atomic E-state index is -0.980. The molecule has 0 aliphatic rings. The van der Waals surface area contributed by atoms with E-state index in [9.17, 15) is 4.79 Å². The quantitative estimate of drug-likeness (QED) is 0.477. The Morgan fingerprint density at radius 1 is 2.00 bits per heavy atom. The maximum absolute atomic E-state index is 9.24. The number of rotatable bonds is 1. The van der Waals surface area contributed by atoms with E-state index in [2.05, 4.69) is 0 Å². The van der Waals surface area contributed by atoms with E-state index in [0.717, 1.165) is 0 Å². The maximum atomic E-state index is 9.24. The molecule has 0 radical (unpaired) electrons. The largest absolute Gasteiger partial charge is 0.480 e. The van der Waals surface area contributed by atoms with E-state index in [0.29, 0.717) is 0 Å². The van der Waals surface area contributed by atoms with Gasteiger partial charge in [-0.1, -0.05) is 0 Å².